The predicted octanol–water partition coefficient (Wildman–Crippen LogP) is 7.38. The van der Waals surface area contributed by atoms with Gasteiger partial charge in [-0.25, -0.2) is 4.79 Å². The fourth-order valence-corrected chi connectivity index (χ4v) is 5.20. The Bertz CT molecular complexity index is 914. The second kappa shape index (κ2) is 9.51. The lowest BCUT2D eigenvalue weighted by Crippen LogP contribution is -2.38. The number of hydrogen-bond acceptors (Lipinski definition) is 3. The van der Waals surface area contributed by atoms with Crippen molar-refractivity contribution in [3.63, 3.8) is 0 Å². The number of carbonyl (C=O) groups is 1. The third-order valence-electron chi connectivity index (χ3n) is 4.61. The molecule has 7 heteroatoms. The van der Waals surface area contributed by atoms with Gasteiger partial charge in [0.25, 0.3) is 0 Å². The number of ether oxygens (including phenoxy) is 1. The first kappa shape index (κ1) is 22.8. The van der Waals surface area contributed by atoms with Crippen molar-refractivity contribution in [2.75, 3.05) is 13.1 Å². The summed E-state index contributed by atoms with van der Waals surface area (Å²) in [5, 5.41) is 1.46. The van der Waals surface area contributed by atoms with E-state index in [1.54, 1.807) is 16.7 Å². The van der Waals surface area contributed by atoms with Crippen LogP contribution in [0.3, 0.4) is 0 Å². The first-order valence-electron chi connectivity index (χ1n) is 9.49. The summed E-state index contributed by atoms with van der Waals surface area (Å²) in [4.78, 5) is 15.4. The van der Waals surface area contributed by atoms with E-state index in [1.165, 1.54) is 16.7 Å². The Balaban J connectivity index is 1.76. The molecule has 1 amide bonds. The molecule has 0 radical (unpaired) electrons. The van der Waals surface area contributed by atoms with Crippen LogP contribution in [0.15, 0.2) is 39.7 Å². The zero-order valence-corrected chi connectivity index (χ0v) is 20.6. The zero-order valence-electron chi connectivity index (χ0n) is 16.7. The first-order valence-corrected chi connectivity index (χ1v) is 12.0. The summed E-state index contributed by atoms with van der Waals surface area (Å²) in [6, 6.07) is 10.0. The highest BCUT2D eigenvalue weighted by Crippen LogP contribution is 2.37. The van der Waals surface area contributed by atoms with E-state index >= 15 is 0 Å². The lowest BCUT2D eigenvalue weighted by molar-refractivity contribution is 0.0258. The molecule has 0 bridgehead atoms. The van der Waals surface area contributed by atoms with Crippen molar-refractivity contribution < 1.29 is 9.53 Å². The molecule has 0 atom stereocenters. The molecule has 0 aromatic heterocycles. The summed E-state index contributed by atoms with van der Waals surface area (Å²) >= 11 is 17.9. The summed E-state index contributed by atoms with van der Waals surface area (Å²) in [7, 11) is 0. The second-order valence-corrected chi connectivity index (χ2v) is 10.7. The lowest BCUT2D eigenvalue weighted by atomic mass is 10.0. The minimum atomic E-state index is -0.493. The summed E-state index contributed by atoms with van der Waals surface area (Å²) in [5.41, 5.74) is 3.17. The van der Waals surface area contributed by atoms with Crippen molar-refractivity contribution in [3.8, 4) is 0 Å². The standard InChI is InChI=1S/C22H24BrCl2NO2S/c1-22(2,3)28-21(27)26-10-8-15-5-7-19(25)20(16(15)9-11-26)29-13-14-4-6-18(24)17(23)12-14/h4-7,12H,8-11,13H2,1-3H3. The molecule has 0 N–H and O–H groups in total. The minimum absolute atomic E-state index is 0.253. The largest absolute Gasteiger partial charge is 0.444 e. The van der Waals surface area contributed by atoms with E-state index in [4.69, 9.17) is 27.9 Å². The van der Waals surface area contributed by atoms with Crippen LogP contribution in [0.1, 0.15) is 37.5 Å². The molecule has 0 saturated heterocycles. The van der Waals surface area contributed by atoms with Crippen LogP contribution in [0.2, 0.25) is 10.0 Å². The van der Waals surface area contributed by atoms with E-state index in [0.717, 1.165) is 33.0 Å². The first-order chi connectivity index (χ1) is 13.6. The number of halogens is 3. The van der Waals surface area contributed by atoms with Crippen LogP contribution in [0.25, 0.3) is 0 Å². The van der Waals surface area contributed by atoms with E-state index in [9.17, 15) is 4.79 Å². The molecule has 1 heterocycles. The highest BCUT2D eigenvalue weighted by Gasteiger charge is 2.25. The van der Waals surface area contributed by atoms with Gasteiger partial charge in [0.15, 0.2) is 0 Å². The van der Waals surface area contributed by atoms with Crippen molar-refractivity contribution >= 4 is 57.0 Å². The molecule has 156 valence electrons. The van der Waals surface area contributed by atoms with Gasteiger partial charge in [0.05, 0.1) is 10.0 Å². The fourth-order valence-electron chi connectivity index (χ4n) is 3.21. The maximum absolute atomic E-state index is 12.5. The van der Waals surface area contributed by atoms with Gasteiger partial charge < -0.3 is 9.64 Å². The van der Waals surface area contributed by atoms with Gasteiger partial charge in [-0.15, -0.1) is 11.8 Å². The van der Waals surface area contributed by atoms with E-state index < -0.39 is 5.60 Å². The molecule has 2 aromatic carbocycles. The Hall–Kier alpha value is -0.880. The van der Waals surface area contributed by atoms with Crippen molar-refractivity contribution in [3.05, 3.63) is 61.5 Å². The van der Waals surface area contributed by atoms with Crippen molar-refractivity contribution in [1.82, 2.24) is 4.90 Å². The molecule has 0 unspecified atom stereocenters. The average Bonchev–Trinajstić information content (AvgIpc) is 2.85. The molecule has 3 rings (SSSR count). The van der Waals surface area contributed by atoms with Gasteiger partial charge >= 0.3 is 6.09 Å². The van der Waals surface area contributed by atoms with Crippen LogP contribution in [0.4, 0.5) is 4.79 Å². The number of benzene rings is 2. The van der Waals surface area contributed by atoms with E-state index in [0.29, 0.717) is 18.1 Å². The molecule has 3 nitrogen and oxygen atoms in total. The Kier molecular flexibility index (Phi) is 7.47. The summed E-state index contributed by atoms with van der Waals surface area (Å²) in [6.07, 6.45) is 1.31. The number of carbonyl (C=O) groups excluding carboxylic acids is 1. The molecule has 0 saturated carbocycles. The Morgan fingerprint density at radius 2 is 1.83 bits per heavy atom. The van der Waals surface area contributed by atoms with Gasteiger partial charge in [0.1, 0.15) is 5.60 Å². The number of amides is 1. The van der Waals surface area contributed by atoms with Gasteiger partial charge in [-0.1, -0.05) is 35.3 Å². The maximum atomic E-state index is 12.5. The number of rotatable bonds is 3. The van der Waals surface area contributed by atoms with Crippen LogP contribution >= 0.6 is 50.9 Å². The van der Waals surface area contributed by atoms with Crippen LogP contribution in [-0.4, -0.2) is 29.7 Å². The molecule has 1 aliphatic heterocycles. The zero-order chi connectivity index (χ0) is 21.2. The monoisotopic (exact) mass is 515 g/mol. The summed E-state index contributed by atoms with van der Waals surface area (Å²) < 4.78 is 6.44. The molecular weight excluding hydrogens is 493 g/mol. The van der Waals surface area contributed by atoms with Crippen molar-refractivity contribution in [2.24, 2.45) is 0 Å². The molecule has 0 fully saturated rings. The van der Waals surface area contributed by atoms with Gasteiger partial charge in [-0.05, 0) is 84.4 Å². The van der Waals surface area contributed by atoms with Crippen LogP contribution < -0.4 is 0 Å². The van der Waals surface area contributed by atoms with Crippen LogP contribution in [0.5, 0.6) is 0 Å². The molecule has 29 heavy (non-hydrogen) atoms. The number of fused-ring (bicyclic) bond motifs is 1. The molecule has 0 spiro atoms. The highest BCUT2D eigenvalue weighted by molar-refractivity contribution is 9.10. The van der Waals surface area contributed by atoms with Gasteiger partial charge in [0, 0.05) is 28.2 Å². The van der Waals surface area contributed by atoms with Crippen molar-refractivity contribution in [1.29, 1.82) is 0 Å². The van der Waals surface area contributed by atoms with E-state index in [1.807, 2.05) is 45.0 Å². The summed E-state index contributed by atoms with van der Waals surface area (Å²) in [6.45, 7) is 6.95. The van der Waals surface area contributed by atoms with E-state index in [-0.39, 0.29) is 6.09 Å². The molecular formula is C22H24BrCl2NO2S. The topological polar surface area (TPSA) is 29.5 Å². The highest BCUT2D eigenvalue weighted by atomic mass is 79.9. The lowest BCUT2D eigenvalue weighted by Gasteiger charge is -2.26. The molecule has 2 aromatic rings. The van der Waals surface area contributed by atoms with E-state index in [2.05, 4.69) is 22.0 Å². The molecule has 0 aliphatic carbocycles. The van der Waals surface area contributed by atoms with Gasteiger partial charge in [-0.2, -0.15) is 0 Å². The number of hydrogen-bond donors (Lipinski definition) is 0. The molecule has 1 aliphatic rings. The predicted molar refractivity (Wildman–Crippen MR) is 125 cm³/mol. The SMILES string of the molecule is CC(C)(C)OC(=O)N1CCc2ccc(Cl)c(SCc3ccc(Cl)c(Br)c3)c2CC1. The Morgan fingerprint density at radius 3 is 2.52 bits per heavy atom. The number of nitrogens with zero attached hydrogens (tertiary/aromatic N) is 1. The second-order valence-electron chi connectivity index (χ2n) is 8.02. The maximum Gasteiger partial charge on any atom is 0.410 e. The minimum Gasteiger partial charge on any atom is -0.444 e. The van der Waals surface area contributed by atoms with Crippen LogP contribution in [-0.2, 0) is 23.3 Å². The third kappa shape index (κ3) is 6.06. The summed E-state index contributed by atoms with van der Waals surface area (Å²) in [5.74, 6) is 0.793. The quantitative estimate of drug-likeness (QED) is 0.398. The Labute approximate surface area is 195 Å². The smallest absolute Gasteiger partial charge is 0.410 e. The van der Waals surface area contributed by atoms with Gasteiger partial charge in [0.2, 0.25) is 0 Å². The fraction of sp³-hybridized carbons (Fsp3) is 0.409. The van der Waals surface area contributed by atoms with Crippen molar-refractivity contribution in [2.45, 2.75) is 49.9 Å². The average molecular weight is 517 g/mol. The Morgan fingerprint density at radius 1 is 1.14 bits per heavy atom. The third-order valence-corrected chi connectivity index (χ3v) is 7.48. The van der Waals surface area contributed by atoms with Gasteiger partial charge in [-0.3, -0.25) is 0 Å². The van der Waals surface area contributed by atoms with Crippen LogP contribution in [0, 0.1) is 0 Å². The normalized spacial score (nSPS) is 14.3. The number of thioether (sulfide) groups is 1.